The highest BCUT2D eigenvalue weighted by Crippen LogP contribution is 2.14. The van der Waals surface area contributed by atoms with Gasteiger partial charge in [0, 0.05) is 25.8 Å². The molecule has 0 aromatic heterocycles. The lowest BCUT2D eigenvalue weighted by atomic mass is 10.1. The van der Waals surface area contributed by atoms with E-state index in [0.29, 0.717) is 0 Å². The van der Waals surface area contributed by atoms with E-state index < -0.39 is 28.4 Å². The fourth-order valence-electron chi connectivity index (χ4n) is 2.16. The molecule has 25 heavy (non-hydrogen) atoms. The number of carboxylic acids is 1. The molecule has 140 valence electrons. The summed E-state index contributed by atoms with van der Waals surface area (Å²) in [6.45, 7) is 3.87. The molecule has 0 aliphatic heterocycles. The van der Waals surface area contributed by atoms with Crippen LogP contribution in [0.5, 0.6) is 0 Å². The predicted molar refractivity (Wildman–Crippen MR) is 91.9 cm³/mol. The van der Waals surface area contributed by atoms with E-state index in [4.69, 9.17) is 9.84 Å². The number of hydrogen-bond donors (Lipinski definition) is 2. The standard InChI is InChI=1S/C16H24N2O6S/c1-12(2)10-18(11-15(19)20)16(21)13-5-4-6-14(9-13)25(22,23)17-7-8-24-3/h4-6,9,12,17H,7-8,10-11H2,1-3H3,(H,19,20). The summed E-state index contributed by atoms with van der Waals surface area (Å²) in [5.41, 5.74) is 0.122. The lowest BCUT2D eigenvalue weighted by Crippen LogP contribution is -2.38. The third-order valence-electron chi connectivity index (χ3n) is 3.19. The lowest BCUT2D eigenvalue weighted by Gasteiger charge is -2.23. The average Bonchev–Trinajstić information content (AvgIpc) is 2.53. The van der Waals surface area contributed by atoms with Crippen molar-refractivity contribution in [2.24, 2.45) is 5.92 Å². The summed E-state index contributed by atoms with van der Waals surface area (Å²) < 4.78 is 31.6. The minimum absolute atomic E-state index is 0.0609. The minimum Gasteiger partial charge on any atom is -0.480 e. The Hall–Kier alpha value is -1.97. The second-order valence-corrected chi connectivity index (χ2v) is 7.66. The summed E-state index contributed by atoms with van der Waals surface area (Å²) in [4.78, 5) is 24.7. The van der Waals surface area contributed by atoms with Gasteiger partial charge in [0.05, 0.1) is 11.5 Å². The number of methoxy groups -OCH3 is 1. The molecule has 0 bridgehead atoms. The van der Waals surface area contributed by atoms with E-state index in [0.717, 1.165) is 0 Å². The van der Waals surface area contributed by atoms with Crippen LogP contribution in [0.4, 0.5) is 0 Å². The van der Waals surface area contributed by atoms with Gasteiger partial charge in [0.15, 0.2) is 0 Å². The van der Waals surface area contributed by atoms with Crippen molar-refractivity contribution < 1.29 is 27.9 Å². The number of benzene rings is 1. The number of carbonyl (C=O) groups excluding carboxylic acids is 1. The zero-order chi connectivity index (χ0) is 19.0. The number of nitrogens with one attached hydrogen (secondary N) is 1. The summed E-state index contributed by atoms with van der Waals surface area (Å²) in [6.07, 6.45) is 0. The van der Waals surface area contributed by atoms with Gasteiger partial charge >= 0.3 is 5.97 Å². The number of carbonyl (C=O) groups is 2. The molecule has 1 aromatic carbocycles. The number of nitrogens with zero attached hydrogens (tertiary/aromatic N) is 1. The molecular weight excluding hydrogens is 348 g/mol. The molecule has 0 fully saturated rings. The molecule has 1 aromatic rings. The zero-order valence-electron chi connectivity index (χ0n) is 14.6. The Morgan fingerprint density at radius 3 is 2.56 bits per heavy atom. The summed E-state index contributed by atoms with van der Waals surface area (Å²) in [7, 11) is -2.32. The Morgan fingerprint density at radius 2 is 2.00 bits per heavy atom. The second kappa shape index (κ2) is 9.50. The fraction of sp³-hybridized carbons (Fsp3) is 0.500. The number of rotatable bonds is 10. The summed E-state index contributed by atoms with van der Waals surface area (Å²) >= 11 is 0. The Labute approximate surface area is 147 Å². The minimum atomic E-state index is -3.78. The van der Waals surface area contributed by atoms with E-state index >= 15 is 0 Å². The van der Waals surface area contributed by atoms with Crippen molar-refractivity contribution in [3.8, 4) is 0 Å². The Balaban J connectivity index is 3.04. The van der Waals surface area contributed by atoms with Crippen LogP contribution in [-0.2, 0) is 19.6 Å². The summed E-state index contributed by atoms with van der Waals surface area (Å²) in [6, 6.07) is 5.53. The number of carboxylic acid groups (broad SMARTS) is 1. The van der Waals surface area contributed by atoms with Crippen LogP contribution < -0.4 is 4.72 Å². The van der Waals surface area contributed by atoms with Gasteiger partial charge in [0.25, 0.3) is 5.91 Å². The zero-order valence-corrected chi connectivity index (χ0v) is 15.4. The van der Waals surface area contributed by atoms with Crippen LogP contribution in [0.3, 0.4) is 0 Å². The third-order valence-corrected chi connectivity index (χ3v) is 4.65. The highest BCUT2D eigenvalue weighted by molar-refractivity contribution is 7.89. The molecule has 0 radical (unpaired) electrons. The van der Waals surface area contributed by atoms with Crippen LogP contribution in [0.2, 0.25) is 0 Å². The maximum Gasteiger partial charge on any atom is 0.323 e. The normalized spacial score (nSPS) is 11.5. The van der Waals surface area contributed by atoms with Gasteiger partial charge in [0.2, 0.25) is 10.0 Å². The van der Waals surface area contributed by atoms with Gasteiger partial charge in [-0.25, -0.2) is 13.1 Å². The van der Waals surface area contributed by atoms with E-state index in [1.165, 1.54) is 36.3 Å². The topological polar surface area (TPSA) is 113 Å². The molecule has 1 rings (SSSR count). The number of ether oxygens (including phenoxy) is 1. The molecule has 1 amide bonds. The average molecular weight is 372 g/mol. The molecule has 2 N–H and O–H groups in total. The number of sulfonamides is 1. The van der Waals surface area contributed by atoms with Crippen LogP contribution in [0, 0.1) is 5.92 Å². The first-order valence-electron chi connectivity index (χ1n) is 7.77. The molecule has 8 nitrogen and oxygen atoms in total. The van der Waals surface area contributed by atoms with Crippen molar-refractivity contribution >= 4 is 21.9 Å². The number of amides is 1. The van der Waals surface area contributed by atoms with Crippen LogP contribution in [0.15, 0.2) is 29.2 Å². The van der Waals surface area contributed by atoms with E-state index in [1.807, 2.05) is 13.8 Å². The molecule has 0 saturated carbocycles. The Bertz CT molecular complexity index is 702. The van der Waals surface area contributed by atoms with E-state index in [9.17, 15) is 18.0 Å². The van der Waals surface area contributed by atoms with E-state index in [2.05, 4.69) is 4.72 Å². The molecule has 0 aliphatic carbocycles. The second-order valence-electron chi connectivity index (χ2n) is 5.89. The third kappa shape index (κ3) is 6.81. The van der Waals surface area contributed by atoms with Crippen LogP contribution in [0.1, 0.15) is 24.2 Å². The predicted octanol–water partition coefficient (Wildman–Crippen LogP) is 0.794. The quantitative estimate of drug-likeness (QED) is 0.587. The smallest absolute Gasteiger partial charge is 0.323 e. The highest BCUT2D eigenvalue weighted by atomic mass is 32.2. The molecule has 0 heterocycles. The molecule has 0 unspecified atom stereocenters. The van der Waals surface area contributed by atoms with Gasteiger partial charge in [-0.1, -0.05) is 19.9 Å². The van der Waals surface area contributed by atoms with Crippen molar-refractivity contribution in [3.63, 3.8) is 0 Å². The van der Waals surface area contributed by atoms with Crippen LogP contribution in [-0.4, -0.2) is 63.7 Å². The molecule has 0 spiro atoms. The van der Waals surface area contributed by atoms with Crippen LogP contribution in [0.25, 0.3) is 0 Å². The lowest BCUT2D eigenvalue weighted by molar-refractivity contribution is -0.137. The SMILES string of the molecule is COCCNS(=O)(=O)c1cccc(C(=O)N(CC(=O)O)CC(C)C)c1. The first-order valence-corrected chi connectivity index (χ1v) is 9.25. The molecule has 9 heteroatoms. The molecular formula is C16H24N2O6S. The monoisotopic (exact) mass is 372 g/mol. The highest BCUT2D eigenvalue weighted by Gasteiger charge is 2.22. The Morgan fingerprint density at radius 1 is 1.32 bits per heavy atom. The number of aliphatic carboxylic acids is 1. The van der Waals surface area contributed by atoms with Crippen molar-refractivity contribution in [2.75, 3.05) is 33.4 Å². The summed E-state index contributed by atoms with van der Waals surface area (Å²) in [5.74, 6) is -1.57. The van der Waals surface area contributed by atoms with Crippen molar-refractivity contribution in [3.05, 3.63) is 29.8 Å². The molecule has 0 saturated heterocycles. The van der Waals surface area contributed by atoms with Gasteiger partial charge in [0.1, 0.15) is 6.54 Å². The van der Waals surface area contributed by atoms with E-state index in [-0.39, 0.29) is 36.1 Å². The van der Waals surface area contributed by atoms with Gasteiger partial charge in [-0.15, -0.1) is 0 Å². The van der Waals surface area contributed by atoms with Gasteiger partial charge in [-0.3, -0.25) is 9.59 Å². The van der Waals surface area contributed by atoms with E-state index in [1.54, 1.807) is 0 Å². The summed E-state index contributed by atoms with van der Waals surface area (Å²) in [5, 5.41) is 8.99. The molecule has 0 atom stereocenters. The maximum atomic E-state index is 12.6. The fourth-order valence-corrected chi connectivity index (χ4v) is 3.22. The largest absolute Gasteiger partial charge is 0.480 e. The first kappa shape index (κ1) is 21.1. The van der Waals surface area contributed by atoms with Gasteiger partial charge in [-0.2, -0.15) is 0 Å². The molecule has 0 aliphatic rings. The van der Waals surface area contributed by atoms with Crippen molar-refractivity contribution in [1.29, 1.82) is 0 Å². The maximum absolute atomic E-state index is 12.6. The first-order chi connectivity index (χ1) is 11.7. The van der Waals surface area contributed by atoms with Crippen molar-refractivity contribution in [1.82, 2.24) is 9.62 Å². The van der Waals surface area contributed by atoms with Gasteiger partial charge in [-0.05, 0) is 24.1 Å². The Kier molecular flexibility index (Phi) is 8.01. The van der Waals surface area contributed by atoms with Crippen molar-refractivity contribution in [2.45, 2.75) is 18.7 Å². The van der Waals surface area contributed by atoms with Crippen LogP contribution >= 0.6 is 0 Å². The van der Waals surface area contributed by atoms with Gasteiger partial charge < -0.3 is 14.7 Å². The number of hydrogen-bond acceptors (Lipinski definition) is 5.